The fourth-order valence-electron chi connectivity index (χ4n) is 1.81. The number of hydrogen-bond acceptors (Lipinski definition) is 3. The van der Waals surface area contributed by atoms with Gasteiger partial charge in [0.15, 0.2) is 0 Å². The van der Waals surface area contributed by atoms with Crippen molar-refractivity contribution in [2.24, 2.45) is 0 Å². The molecule has 2 aromatic carbocycles. The fourth-order valence-corrected chi connectivity index (χ4v) is 2.60. The van der Waals surface area contributed by atoms with E-state index in [4.69, 9.17) is 16.3 Å². The van der Waals surface area contributed by atoms with Gasteiger partial charge in [0.25, 0.3) is 5.91 Å². The number of benzene rings is 2. The van der Waals surface area contributed by atoms with Gasteiger partial charge in [-0.2, -0.15) is 0 Å². The summed E-state index contributed by atoms with van der Waals surface area (Å²) in [4.78, 5) is 13.1. The van der Waals surface area contributed by atoms with Crippen molar-refractivity contribution < 1.29 is 9.53 Å². The quantitative estimate of drug-likeness (QED) is 0.648. The van der Waals surface area contributed by atoms with Crippen LogP contribution in [0, 0.1) is 0 Å². The second-order valence-electron chi connectivity index (χ2n) is 4.24. The average molecular weight is 322 g/mol. The van der Waals surface area contributed by atoms with Crippen LogP contribution in [0.4, 0.5) is 0 Å². The Morgan fingerprint density at radius 1 is 1.19 bits per heavy atom. The van der Waals surface area contributed by atoms with Crippen molar-refractivity contribution in [1.82, 2.24) is 5.32 Å². The van der Waals surface area contributed by atoms with Crippen LogP contribution in [0.15, 0.2) is 53.4 Å². The number of rotatable bonds is 6. The van der Waals surface area contributed by atoms with Crippen LogP contribution >= 0.6 is 23.4 Å². The van der Waals surface area contributed by atoms with Crippen LogP contribution in [0.25, 0.3) is 0 Å². The number of nitrogens with one attached hydrogen (secondary N) is 1. The lowest BCUT2D eigenvalue weighted by Gasteiger charge is -2.10. The minimum Gasteiger partial charge on any atom is -0.490 e. The van der Waals surface area contributed by atoms with Crippen LogP contribution < -0.4 is 10.1 Å². The molecule has 21 heavy (non-hydrogen) atoms. The molecule has 0 aliphatic rings. The second kappa shape index (κ2) is 7.96. The highest BCUT2D eigenvalue weighted by Crippen LogP contribution is 2.23. The van der Waals surface area contributed by atoms with Crippen LogP contribution in [0.3, 0.4) is 0 Å². The number of ether oxygens (including phenoxy) is 1. The van der Waals surface area contributed by atoms with Crippen LogP contribution in [-0.2, 0) is 0 Å². The molecule has 2 aromatic rings. The first-order chi connectivity index (χ1) is 10.2. The number of para-hydroxylation sites is 1. The van der Waals surface area contributed by atoms with Crippen molar-refractivity contribution in [3.05, 3.63) is 59.1 Å². The predicted molar refractivity (Wildman–Crippen MR) is 87.5 cm³/mol. The largest absolute Gasteiger partial charge is 0.490 e. The number of thioether (sulfide) groups is 1. The van der Waals surface area contributed by atoms with Gasteiger partial charge in [-0.25, -0.2) is 0 Å². The third-order valence-corrected chi connectivity index (χ3v) is 3.94. The molecule has 0 bridgehead atoms. The second-order valence-corrected chi connectivity index (χ2v) is 5.49. The monoisotopic (exact) mass is 321 g/mol. The van der Waals surface area contributed by atoms with Crippen LogP contribution in [0.5, 0.6) is 5.75 Å². The SMILES string of the molecule is CSc1ccccc1C(=O)NCCOc1ccccc1Cl. The maximum absolute atomic E-state index is 12.1. The Morgan fingerprint density at radius 3 is 2.67 bits per heavy atom. The highest BCUT2D eigenvalue weighted by Gasteiger charge is 2.09. The Labute approximate surface area is 133 Å². The van der Waals surface area contributed by atoms with Crippen molar-refractivity contribution in [3.8, 4) is 5.75 Å². The van der Waals surface area contributed by atoms with Crippen molar-refractivity contribution in [1.29, 1.82) is 0 Å². The van der Waals surface area contributed by atoms with Crippen molar-refractivity contribution >= 4 is 29.3 Å². The van der Waals surface area contributed by atoms with Crippen molar-refractivity contribution in [2.75, 3.05) is 19.4 Å². The van der Waals surface area contributed by atoms with Gasteiger partial charge in [-0.05, 0) is 30.5 Å². The molecule has 0 atom stereocenters. The van der Waals surface area contributed by atoms with Gasteiger partial charge in [-0.15, -0.1) is 11.8 Å². The molecule has 0 heterocycles. The molecule has 110 valence electrons. The van der Waals surface area contributed by atoms with Gasteiger partial charge < -0.3 is 10.1 Å². The topological polar surface area (TPSA) is 38.3 Å². The molecule has 0 saturated heterocycles. The zero-order chi connectivity index (χ0) is 15.1. The van der Waals surface area contributed by atoms with Gasteiger partial charge >= 0.3 is 0 Å². The van der Waals surface area contributed by atoms with Crippen molar-refractivity contribution in [3.63, 3.8) is 0 Å². The van der Waals surface area contributed by atoms with E-state index >= 15 is 0 Å². The van der Waals surface area contributed by atoms with Gasteiger partial charge in [0.05, 0.1) is 17.1 Å². The maximum atomic E-state index is 12.1. The molecule has 5 heteroatoms. The Bertz CT molecular complexity index is 619. The normalized spacial score (nSPS) is 10.2. The molecule has 0 spiro atoms. The lowest BCUT2D eigenvalue weighted by Crippen LogP contribution is -2.28. The molecule has 0 unspecified atom stereocenters. The minimum absolute atomic E-state index is 0.0947. The summed E-state index contributed by atoms with van der Waals surface area (Å²) < 4.78 is 5.53. The average Bonchev–Trinajstić information content (AvgIpc) is 2.52. The molecule has 0 aromatic heterocycles. The zero-order valence-corrected chi connectivity index (χ0v) is 13.2. The van der Waals surface area contributed by atoms with E-state index in [1.165, 1.54) is 0 Å². The van der Waals surface area contributed by atoms with Gasteiger partial charge in [0.2, 0.25) is 0 Å². The highest BCUT2D eigenvalue weighted by molar-refractivity contribution is 7.98. The first kappa shape index (κ1) is 15.7. The zero-order valence-electron chi connectivity index (χ0n) is 11.6. The lowest BCUT2D eigenvalue weighted by atomic mass is 10.2. The molecular weight excluding hydrogens is 306 g/mol. The van der Waals surface area contributed by atoms with Crippen LogP contribution in [0.1, 0.15) is 10.4 Å². The van der Waals surface area contributed by atoms with E-state index in [2.05, 4.69) is 5.32 Å². The first-order valence-electron chi connectivity index (χ1n) is 6.51. The van der Waals surface area contributed by atoms with E-state index in [1.807, 2.05) is 42.7 Å². The third kappa shape index (κ3) is 4.41. The summed E-state index contributed by atoms with van der Waals surface area (Å²) in [5.41, 5.74) is 0.683. The van der Waals surface area contributed by atoms with E-state index in [0.717, 1.165) is 4.90 Å². The molecule has 1 amide bonds. The smallest absolute Gasteiger partial charge is 0.252 e. The standard InChI is InChI=1S/C16H16ClNO2S/c1-21-15-9-5-2-6-12(15)16(19)18-10-11-20-14-8-4-3-7-13(14)17/h2-9H,10-11H2,1H3,(H,18,19). The summed E-state index contributed by atoms with van der Waals surface area (Å²) >= 11 is 7.54. The molecule has 0 saturated carbocycles. The Balaban J connectivity index is 1.83. The van der Waals surface area contributed by atoms with Gasteiger partial charge in [-0.3, -0.25) is 4.79 Å². The Kier molecular flexibility index (Phi) is 5.96. The summed E-state index contributed by atoms with van der Waals surface area (Å²) in [5.74, 6) is 0.528. The van der Waals surface area contributed by atoms with Gasteiger partial charge in [-0.1, -0.05) is 35.9 Å². The molecule has 1 N–H and O–H groups in total. The number of carbonyl (C=O) groups excluding carboxylic acids is 1. The highest BCUT2D eigenvalue weighted by atomic mass is 35.5. The number of carbonyl (C=O) groups is 1. The number of amides is 1. The summed E-state index contributed by atoms with van der Waals surface area (Å²) in [5, 5.41) is 3.41. The summed E-state index contributed by atoms with van der Waals surface area (Å²) in [6.07, 6.45) is 1.95. The summed E-state index contributed by atoms with van der Waals surface area (Å²) in [6, 6.07) is 14.8. The predicted octanol–water partition coefficient (Wildman–Crippen LogP) is 3.87. The minimum atomic E-state index is -0.0947. The fraction of sp³-hybridized carbons (Fsp3) is 0.188. The first-order valence-corrected chi connectivity index (χ1v) is 8.11. The van der Waals surface area contributed by atoms with E-state index in [0.29, 0.717) is 29.5 Å². The molecular formula is C16H16ClNO2S. The van der Waals surface area contributed by atoms with Gasteiger partial charge in [0.1, 0.15) is 12.4 Å². The summed E-state index contributed by atoms with van der Waals surface area (Å²) in [7, 11) is 0. The lowest BCUT2D eigenvalue weighted by molar-refractivity contribution is 0.0944. The third-order valence-electron chi connectivity index (χ3n) is 2.83. The van der Waals surface area contributed by atoms with Gasteiger partial charge in [0, 0.05) is 4.90 Å². The summed E-state index contributed by atoms with van der Waals surface area (Å²) in [6.45, 7) is 0.795. The molecule has 3 nitrogen and oxygen atoms in total. The molecule has 0 aliphatic heterocycles. The van der Waals surface area contributed by atoms with Crippen LogP contribution in [-0.4, -0.2) is 25.3 Å². The molecule has 0 radical (unpaired) electrons. The van der Waals surface area contributed by atoms with E-state index in [9.17, 15) is 4.79 Å². The molecule has 0 fully saturated rings. The number of halogens is 1. The molecule has 2 rings (SSSR count). The maximum Gasteiger partial charge on any atom is 0.252 e. The van der Waals surface area contributed by atoms with Crippen LogP contribution in [0.2, 0.25) is 5.02 Å². The Morgan fingerprint density at radius 2 is 1.90 bits per heavy atom. The van der Waals surface area contributed by atoms with E-state index < -0.39 is 0 Å². The Hall–Kier alpha value is -1.65. The van der Waals surface area contributed by atoms with Crippen molar-refractivity contribution in [2.45, 2.75) is 4.90 Å². The molecule has 0 aliphatic carbocycles. The van der Waals surface area contributed by atoms with E-state index in [1.54, 1.807) is 23.9 Å². The number of hydrogen-bond donors (Lipinski definition) is 1. The van der Waals surface area contributed by atoms with E-state index in [-0.39, 0.29) is 5.91 Å².